The smallest absolute Gasteiger partial charge is 0.0446 e. The molecule has 1 unspecified atom stereocenters. The zero-order valence-electron chi connectivity index (χ0n) is 8.74. The summed E-state index contributed by atoms with van der Waals surface area (Å²) < 4.78 is 1.11. The highest BCUT2D eigenvalue weighted by molar-refractivity contribution is 9.10. The molecule has 1 aromatic carbocycles. The highest BCUT2D eigenvalue weighted by Gasteiger charge is 2.05. The third-order valence-corrected chi connectivity index (χ3v) is 3.78. The second-order valence-electron chi connectivity index (χ2n) is 3.27. The fraction of sp³-hybridized carbons (Fsp3) is 0.455. The number of nitrogens with one attached hydrogen (secondary N) is 1. The first-order valence-electron chi connectivity index (χ1n) is 4.92. The molecule has 1 rings (SSSR count). The molecule has 0 radical (unpaired) electrons. The standard InChI is InChI=1S/C11H16BrNOS/c1-13-10(5-6-14)8-15-11-4-2-3-9(12)7-11/h2-4,7,10,13-14H,5-6,8H2,1H3. The summed E-state index contributed by atoms with van der Waals surface area (Å²) in [6, 6.07) is 8.64. The summed E-state index contributed by atoms with van der Waals surface area (Å²) in [6.07, 6.45) is 0.803. The van der Waals surface area contributed by atoms with Crippen molar-refractivity contribution < 1.29 is 5.11 Å². The Kier molecular flexibility index (Phi) is 6.32. The summed E-state index contributed by atoms with van der Waals surface area (Å²) in [7, 11) is 1.93. The maximum absolute atomic E-state index is 8.85. The van der Waals surface area contributed by atoms with Gasteiger partial charge in [0.05, 0.1) is 0 Å². The van der Waals surface area contributed by atoms with Gasteiger partial charge >= 0.3 is 0 Å². The lowest BCUT2D eigenvalue weighted by Crippen LogP contribution is -2.28. The molecule has 0 saturated carbocycles. The van der Waals surface area contributed by atoms with Crippen LogP contribution in [-0.4, -0.2) is 30.6 Å². The van der Waals surface area contributed by atoms with Crippen LogP contribution in [0.2, 0.25) is 0 Å². The number of hydrogen-bond donors (Lipinski definition) is 2. The molecule has 1 aromatic rings. The summed E-state index contributed by atoms with van der Waals surface area (Å²) in [5.74, 6) is 0.980. The molecule has 84 valence electrons. The van der Waals surface area contributed by atoms with Crippen LogP contribution in [-0.2, 0) is 0 Å². The lowest BCUT2D eigenvalue weighted by atomic mass is 10.2. The number of aliphatic hydroxyl groups excluding tert-OH is 1. The van der Waals surface area contributed by atoms with E-state index < -0.39 is 0 Å². The molecule has 2 N–H and O–H groups in total. The van der Waals surface area contributed by atoms with E-state index >= 15 is 0 Å². The van der Waals surface area contributed by atoms with Gasteiger partial charge in [-0.25, -0.2) is 0 Å². The van der Waals surface area contributed by atoms with Crippen molar-refractivity contribution in [2.75, 3.05) is 19.4 Å². The molecular weight excluding hydrogens is 274 g/mol. The van der Waals surface area contributed by atoms with Gasteiger partial charge < -0.3 is 10.4 Å². The van der Waals surface area contributed by atoms with Gasteiger partial charge in [0.25, 0.3) is 0 Å². The molecule has 4 heteroatoms. The molecule has 0 saturated heterocycles. The maximum atomic E-state index is 8.85. The van der Waals surface area contributed by atoms with E-state index in [1.54, 1.807) is 11.8 Å². The Morgan fingerprint density at radius 2 is 2.33 bits per heavy atom. The Morgan fingerprint density at radius 3 is 2.93 bits per heavy atom. The second-order valence-corrected chi connectivity index (χ2v) is 5.28. The molecule has 2 nitrogen and oxygen atoms in total. The van der Waals surface area contributed by atoms with E-state index in [4.69, 9.17) is 5.11 Å². The first kappa shape index (κ1) is 13.0. The zero-order chi connectivity index (χ0) is 11.1. The van der Waals surface area contributed by atoms with Gasteiger partial charge in [0, 0.05) is 27.8 Å². The van der Waals surface area contributed by atoms with Gasteiger partial charge in [-0.3, -0.25) is 0 Å². The zero-order valence-corrected chi connectivity index (χ0v) is 11.1. The van der Waals surface area contributed by atoms with E-state index in [1.165, 1.54) is 4.90 Å². The minimum absolute atomic E-state index is 0.241. The van der Waals surface area contributed by atoms with Gasteiger partial charge in [0.1, 0.15) is 0 Å². The van der Waals surface area contributed by atoms with Crippen LogP contribution in [0.25, 0.3) is 0 Å². The predicted octanol–water partition coefficient (Wildman–Crippen LogP) is 2.51. The average molecular weight is 290 g/mol. The highest BCUT2D eigenvalue weighted by atomic mass is 79.9. The number of aliphatic hydroxyl groups is 1. The molecule has 0 amide bonds. The molecular formula is C11H16BrNOS. The molecule has 1 atom stereocenters. The van der Waals surface area contributed by atoms with E-state index in [2.05, 4.69) is 33.4 Å². The highest BCUT2D eigenvalue weighted by Crippen LogP contribution is 2.22. The Hall–Kier alpha value is -0.0300. The lowest BCUT2D eigenvalue weighted by molar-refractivity contribution is 0.273. The third kappa shape index (κ3) is 5.02. The van der Waals surface area contributed by atoms with Crippen LogP contribution >= 0.6 is 27.7 Å². The summed E-state index contributed by atoms with van der Waals surface area (Å²) >= 11 is 5.25. The Labute approximate surface area is 104 Å². The maximum Gasteiger partial charge on any atom is 0.0446 e. The number of rotatable bonds is 6. The van der Waals surface area contributed by atoms with E-state index in [1.807, 2.05) is 19.2 Å². The molecule has 0 spiro atoms. The Balaban J connectivity index is 2.41. The number of benzene rings is 1. The van der Waals surface area contributed by atoms with E-state index in [9.17, 15) is 0 Å². The Bertz CT molecular complexity index is 296. The third-order valence-electron chi connectivity index (χ3n) is 2.13. The van der Waals surface area contributed by atoms with Gasteiger partial charge in [-0.2, -0.15) is 0 Å². The van der Waals surface area contributed by atoms with Crippen molar-refractivity contribution in [1.29, 1.82) is 0 Å². The summed E-state index contributed by atoms with van der Waals surface area (Å²) in [6.45, 7) is 0.241. The average Bonchev–Trinajstić information content (AvgIpc) is 2.24. The summed E-state index contributed by atoms with van der Waals surface area (Å²) in [5, 5.41) is 12.0. The van der Waals surface area contributed by atoms with Gasteiger partial charge in [0.2, 0.25) is 0 Å². The van der Waals surface area contributed by atoms with Gasteiger partial charge in [-0.15, -0.1) is 11.8 Å². The second kappa shape index (κ2) is 7.28. The van der Waals surface area contributed by atoms with Crippen LogP contribution in [0.4, 0.5) is 0 Å². The predicted molar refractivity (Wildman–Crippen MR) is 69.4 cm³/mol. The van der Waals surface area contributed by atoms with E-state index in [0.29, 0.717) is 6.04 Å². The van der Waals surface area contributed by atoms with Gasteiger partial charge in [-0.1, -0.05) is 22.0 Å². The number of hydrogen-bond acceptors (Lipinski definition) is 3. The van der Waals surface area contributed by atoms with Crippen molar-refractivity contribution in [2.24, 2.45) is 0 Å². The quantitative estimate of drug-likeness (QED) is 0.790. The topological polar surface area (TPSA) is 32.3 Å². The molecule has 0 aliphatic heterocycles. The van der Waals surface area contributed by atoms with Crippen LogP contribution in [0.5, 0.6) is 0 Å². The SMILES string of the molecule is CNC(CCO)CSc1cccc(Br)c1. The van der Waals surface area contributed by atoms with Crippen molar-refractivity contribution in [3.05, 3.63) is 28.7 Å². The Morgan fingerprint density at radius 1 is 1.53 bits per heavy atom. The van der Waals surface area contributed by atoms with Crippen molar-refractivity contribution in [3.8, 4) is 0 Å². The minimum atomic E-state index is 0.241. The van der Waals surface area contributed by atoms with Crippen LogP contribution in [0.15, 0.2) is 33.6 Å². The van der Waals surface area contributed by atoms with Crippen molar-refractivity contribution in [2.45, 2.75) is 17.4 Å². The van der Waals surface area contributed by atoms with Crippen LogP contribution in [0.1, 0.15) is 6.42 Å². The van der Waals surface area contributed by atoms with Gasteiger partial charge in [-0.05, 0) is 31.7 Å². The molecule has 0 bridgehead atoms. The van der Waals surface area contributed by atoms with E-state index in [-0.39, 0.29) is 6.61 Å². The van der Waals surface area contributed by atoms with Crippen LogP contribution in [0.3, 0.4) is 0 Å². The molecule has 0 aliphatic rings. The molecule has 0 aliphatic carbocycles. The fourth-order valence-corrected chi connectivity index (χ4v) is 2.88. The van der Waals surface area contributed by atoms with Crippen molar-refractivity contribution >= 4 is 27.7 Å². The normalized spacial score (nSPS) is 12.7. The molecule has 0 heterocycles. The first-order valence-corrected chi connectivity index (χ1v) is 6.70. The largest absolute Gasteiger partial charge is 0.396 e. The first-order chi connectivity index (χ1) is 7.26. The summed E-state index contributed by atoms with van der Waals surface area (Å²) in [4.78, 5) is 1.25. The van der Waals surface area contributed by atoms with Crippen LogP contribution < -0.4 is 5.32 Å². The van der Waals surface area contributed by atoms with E-state index in [0.717, 1.165) is 16.6 Å². The lowest BCUT2D eigenvalue weighted by Gasteiger charge is -2.14. The fourth-order valence-electron chi connectivity index (χ4n) is 1.22. The number of thioether (sulfide) groups is 1. The van der Waals surface area contributed by atoms with Crippen molar-refractivity contribution in [1.82, 2.24) is 5.32 Å². The molecule has 15 heavy (non-hydrogen) atoms. The minimum Gasteiger partial charge on any atom is -0.396 e. The van der Waals surface area contributed by atoms with Crippen molar-refractivity contribution in [3.63, 3.8) is 0 Å². The van der Waals surface area contributed by atoms with Crippen LogP contribution in [0, 0.1) is 0 Å². The monoisotopic (exact) mass is 289 g/mol. The summed E-state index contributed by atoms with van der Waals surface area (Å²) in [5.41, 5.74) is 0. The van der Waals surface area contributed by atoms with Gasteiger partial charge in [0.15, 0.2) is 0 Å². The molecule has 0 fully saturated rings. The number of halogens is 1. The molecule has 0 aromatic heterocycles.